The highest BCUT2D eigenvalue weighted by Crippen LogP contribution is 2.26. The van der Waals surface area contributed by atoms with E-state index < -0.39 is 0 Å². The number of nitrogens with zero attached hydrogens (tertiary/aromatic N) is 2. The molecule has 0 amide bonds. The smallest absolute Gasteiger partial charge is 0.0727 e. The molecular weight excluding hydrogens is 250 g/mol. The Bertz CT molecular complexity index is 401. The number of aromatic nitrogens is 2. The maximum absolute atomic E-state index is 5.29. The number of aryl methyl sites for hydroxylation is 1. The summed E-state index contributed by atoms with van der Waals surface area (Å²) >= 11 is 0. The number of hydrogen-bond acceptors (Lipinski definition) is 3. The third kappa shape index (κ3) is 3.83. The van der Waals surface area contributed by atoms with Crippen molar-refractivity contribution in [1.82, 2.24) is 15.1 Å². The highest BCUT2D eigenvalue weighted by molar-refractivity contribution is 5.30. The summed E-state index contributed by atoms with van der Waals surface area (Å²) in [6.45, 7) is 12.8. The van der Waals surface area contributed by atoms with Crippen LogP contribution in [0, 0.1) is 0 Å². The van der Waals surface area contributed by atoms with E-state index in [-0.39, 0.29) is 6.04 Å². The number of rotatable bonds is 9. The molecule has 1 rings (SSSR count). The molecule has 0 bridgehead atoms. The summed E-state index contributed by atoms with van der Waals surface area (Å²) in [5.41, 5.74) is 3.97. The molecule has 0 aliphatic heterocycles. The van der Waals surface area contributed by atoms with Crippen LogP contribution in [0.1, 0.15) is 70.1 Å². The Morgan fingerprint density at radius 3 is 2.40 bits per heavy atom. The first-order valence-electron chi connectivity index (χ1n) is 7.92. The molecule has 1 aromatic rings. The van der Waals surface area contributed by atoms with E-state index in [0.29, 0.717) is 12.6 Å². The van der Waals surface area contributed by atoms with Gasteiger partial charge in [-0.25, -0.2) is 0 Å². The molecule has 0 saturated heterocycles. The maximum atomic E-state index is 5.29. The second-order valence-corrected chi connectivity index (χ2v) is 5.44. The normalized spacial score (nSPS) is 14.5. The van der Waals surface area contributed by atoms with Crippen molar-refractivity contribution in [3.63, 3.8) is 0 Å². The van der Waals surface area contributed by atoms with Crippen LogP contribution in [0.3, 0.4) is 0 Å². The molecule has 20 heavy (non-hydrogen) atoms. The predicted molar refractivity (Wildman–Crippen MR) is 84.3 cm³/mol. The van der Waals surface area contributed by atoms with Gasteiger partial charge in [0.15, 0.2) is 0 Å². The van der Waals surface area contributed by atoms with Gasteiger partial charge < -0.3 is 10.1 Å². The minimum absolute atomic E-state index is 0.285. The van der Waals surface area contributed by atoms with Crippen molar-refractivity contribution >= 4 is 0 Å². The molecule has 0 fully saturated rings. The molecule has 0 aliphatic carbocycles. The van der Waals surface area contributed by atoms with Crippen molar-refractivity contribution in [2.45, 2.75) is 66.0 Å². The van der Waals surface area contributed by atoms with E-state index in [1.807, 2.05) is 0 Å². The molecule has 1 aromatic heterocycles. The van der Waals surface area contributed by atoms with Crippen LogP contribution in [0.2, 0.25) is 0 Å². The van der Waals surface area contributed by atoms with Gasteiger partial charge in [0.25, 0.3) is 0 Å². The molecule has 2 atom stereocenters. The van der Waals surface area contributed by atoms with Crippen LogP contribution in [0.5, 0.6) is 0 Å². The van der Waals surface area contributed by atoms with E-state index in [0.717, 1.165) is 25.8 Å². The number of methoxy groups -OCH3 is 1. The lowest BCUT2D eigenvalue weighted by molar-refractivity contribution is 0.155. The standard InChI is InChI=1S/C16H31N3O/c1-7-10-17-13(5)16-14(8-2)18-19(15(16)9-3)12(4)11-20-6/h12-13,17H,7-11H2,1-6H3. The second-order valence-electron chi connectivity index (χ2n) is 5.44. The fourth-order valence-corrected chi connectivity index (χ4v) is 2.79. The summed E-state index contributed by atoms with van der Waals surface area (Å²) in [6.07, 6.45) is 3.14. The minimum atomic E-state index is 0.285. The molecular formula is C16H31N3O. The fourth-order valence-electron chi connectivity index (χ4n) is 2.79. The van der Waals surface area contributed by atoms with Crippen LogP contribution in [-0.2, 0) is 17.6 Å². The van der Waals surface area contributed by atoms with Gasteiger partial charge >= 0.3 is 0 Å². The van der Waals surface area contributed by atoms with Gasteiger partial charge in [0, 0.05) is 24.4 Å². The van der Waals surface area contributed by atoms with Gasteiger partial charge in [-0.2, -0.15) is 5.10 Å². The zero-order chi connectivity index (χ0) is 15.1. The van der Waals surface area contributed by atoms with E-state index in [9.17, 15) is 0 Å². The van der Waals surface area contributed by atoms with Crippen molar-refractivity contribution in [1.29, 1.82) is 0 Å². The molecule has 0 radical (unpaired) electrons. The van der Waals surface area contributed by atoms with Crippen LogP contribution >= 0.6 is 0 Å². The average Bonchev–Trinajstić information content (AvgIpc) is 2.83. The van der Waals surface area contributed by atoms with Gasteiger partial charge in [-0.05, 0) is 39.7 Å². The first-order valence-corrected chi connectivity index (χ1v) is 7.92. The monoisotopic (exact) mass is 281 g/mol. The topological polar surface area (TPSA) is 39.1 Å². The molecule has 1 heterocycles. The van der Waals surface area contributed by atoms with Crippen molar-refractivity contribution in [2.75, 3.05) is 20.3 Å². The van der Waals surface area contributed by atoms with Gasteiger partial charge in [0.1, 0.15) is 0 Å². The summed E-state index contributed by atoms with van der Waals surface area (Å²) in [5.74, 6) is 0. The molecule has 4 heteroatoms. The Hall–Kier alpha value is -0.870. The largest absolute Gasteiger partial charge is 0.382 e. The SMILES string of the molecule is CCCNC(C)c1c(CC)nn(C(C)COC)c1CC. The number of hydrogen-bond donors (Lipinski definition) is 1. The summed E-state index contributed by atoms with van der Waals surface area (Å²) in [6, 6.07) is 0.649. The first kappa shape index (κ1) is 17.2. The Kier molecular flexibility index (Phi) is 7.24. The Morgan fingerprint density at radius 1 is 1.20 bits per heavy atom. The third-order valence-corrected chi connectivity index (χ3v) is 3.76. The Labute approximate surface area is 123 Å². The summed E-state index contributed by atoms with van der Waals surface area (Å²) < 4.78 is 7.46. The van der Waals surface area contributed by atoms with Crippen LogP contribution < -0.4 is 5.32 Å². The van der Waals surface area contributed by atoms with E-state index in [1.54, 1.807) is 7.11 Å². The summed E-state index contributed by atoms with van der Waals surface area (Å²) in [7, 11) is 1.75. The molecule has 116 valence electrons. The molecule has 4 nitrogen and oxygen atoms in total. The lowest BCUT2D eigenvalue weighted by Crippen LogP contribution is -2.22. The quantitative estimate of drug-likeness (QED) is 0.755. The summed E-state index contributed by atoms with van der Waals surface area (Å²) in [4.78, 5) is 0. The maximum Gasteiger partial charge on any atom is 0.0727 e. The van der Waals surface area contributed by atoms with E-state index in [2.05, 4.69) is 44.6 Å². The fraction of sp³-hybridized carbons (Fsp3) is 0.812. The van der Waals surface area contributed by atoms with Gasteiger partial charge in [-0.1, -0.05) is 20.8 Å². The minimum Gasteiger partial charge on any atom is -0.382 e. The van der Waals surface area contributed by atoms with E-state index >= 15 is 0 Å². The number of nitrogens with one attached hydrogen (secondary N) is 1. The van der Waals surface area contributed by atoms with Crippen LogP contribution in [0.25, 0.3) is 0 Å². The third-order valence-electron chi connectivity index (χ3n) is 3.76. The van der Waals surface area contributed by atoms with E-state index in [1.165, 1.54) is 17.0 Å². The highest BCUT2D eigenvalue weighted by atomic mass is 16.5. The molecule has 0 aromatic carbocycles. The molecule has 1 N–H and O–H groups in total. The van der Waals surface area contributed by atoms with Gasteiger partial charge in [0.05, 0.1) is 18.3 Å². The van der Waals surface area contributed by atoms with Crippen LogP contribution in [0.15, 0.2) is 0 Å². The van der Waals surface area contributed by atoms with Gasteiger partial charge in [-0.3, -0.25) is 4.68 Å². The van der Waals surface area contributed by atoms with Crippen LogP contribution in [-0.4, -0.2) is 30.0 Å². The summed E-state index contributed by atoms with van der Waals surface area (Å²) in [5, 5.41) is 8.44. The number of ether oxygens (including phenoxy) is 1. The zero-order valence-electron chi connectivity index (χ0n) is 14.0. The molecule has 2 unspecified atom stereocenters. The highest BCUT2D eigenvalue weighted by Gasteiger charge is 2.22. The Morgan fingerprint density at radius 2 is 1.90 bits per heavy atom. The average molecular weight is 281 g/mol. The molecule has 0 aliphatic rings. The Balaban J connectivity index is 3.13. The zero-order valence-corrected chi connectivity index (χ0v) is 14.0. The van der Waals surface area contributed by atoms with Gasteiger partial charge in [-0.15, -0.1) is 0 Å². The predicted octanol–water partition coefficient (Wildman–Crippen LogP) is 3.28. The van der Waals surface area contributed by atoms with E-state index in [4.69, 9.17) is 9.84 Å². The van der Waals surface area contributed by atoms with Crippen molar-refractivity contribution in [3.8, 4) is 0 Å². The first-order chi connectivity index (χ1) is 9.60. The lowest BCUT2D eigenvalue weighted by atomic mass is 10.0. The van der Waals surface area contributed by atoms with Crippen LogP contribution in [0.4, 0.5) is 0 Å². The van der Waals surface area contributed by atoms with Gasteiger partial charge in [0.2, 0.25) is 0 Å². The van der Waals surface area contributed by atoms with Crippen molar-refractivity contribution < 1.29 is 4.74 Å². The van der Waals surface area contributed by atoms with Crippen molar-refractivity contribution in [2.24, 2.45) is 0 Å². The van der Waals surface area contributed by atoms with Crippen molar-refractivity contribution in [3.05, 3.63) is 17.0 Å². The molecule has 0 spiro atoms. The molecule has 0 saturated carbocycles. The lowest BCUT2D eigenvalue weighted by Gasteiger charge is -2.18. The second kappa shape index (κ2) is 8.42.